The number of amides is 1. The van der Waals surface area contributed by atoms with E-state index in [1.165, 1.54) is 18.2 Å². The zero-order valence-corrected chi connectivity index (χ0v) is 10.2. The first-order valence-corrected chi connectivity index (χ1v) is 5.38. The van der Waals surface area contributed by atoms with Gasteiger partial charge in [-0.25, -0.2) is 5.84 Å². The third-order valence-corrected chi connectivity index (χ3v) is 2.13. The number of hydrogen-bond donors (Lipinski definition) is 2. The first-order valence-electron chi connectivity index (χ1n) is 5.38. The Hall–Kier alpha value is -2.15. The predicted molar refractivity (Wildman–Crippen MR) is 65.1 cm³/mol. The third kappa shape index (κ3) is 3.17. The van der Waals surface area contributed by atoms with Crippen LogP contribution in [0.25, 0.3) is 0 Å². The summed E-state index contributed by atoms with van der Waals surface area (Å²) in [5, 5.41) is 10.9. The minimum absolute atomic E-state index is 0.0485. The summed E-state index contributed by atoms with van der Waals surface area (Å²) in [7, 11) is 0. The number of carbonyl (C=O) groups is 1. The molecule has 0 aliphatic rings. The lowest BCUT2D eigenvalue weighted by molar-refractivity contribution is -0.385. The number of nitro benzene ring substituents is 1. The van der Waals surface area contributed by atoms with Gasteiger partial charge in [-0.05, 0) is 12.0 Å². The summed E-state index contributed by atoms with van der Waals surface area (Å²) in [5.41, 5.74) is 1.73. The highest BCUT2D eigenvalue weighted by Gasteiger charge is 2.23. The second-order valence-corrected chi connectivity index (χ2v) is 4.09. The second-order valence-electron chi connectivity index (χ2n) is 4.09. The van der Waals surface area contributed by atoms with Crippen LogP contribution in [0.5, 0.6) is 5.75 Å². The van der Waals surface area contributed by atoms with Gasteiger partial charge in [0.25, 0.3) is 5.91 Å². The molecule has 0 unspecified atom stereocenters. The molecule has 7 heteroatoms. The van der Waals surface area contributed by atoms with Gasteiger partial charge in [0.2, 0.25) is 5.75 Å². The lowest BCUT2D eigenvalue weighted by atomic mass is 10.1. The van der Waals surface area contributed by atoms with E-state index in [1.807, 2.05) is 19.3 Å². The fourth-order valence-corrected chi connectivity index (χ4v) is 1.33. The maximum Gasteiger partial charge on any atom is 0.311 e. The van der Waals surface area contributed by atoms with Crippen molar-refractivity contribution >= 4 is 11.6 Å². The number of para-hydroxylation sites is 1. The molecule has 1 aromatic rings. The second kappa shape index (κ2) is 5.97. The smallest absolute Gasteiger partial charge is 0.311 e. The number of nitro groups is 1. The number of nitrogens with one attached hydrogen (secondary N) is 1. The molecule has 0 aromatic heterocycles. The zero-order chi connectivity index (χ0) is 13.7. The molecule has 0 spiro atoms. The maximum atomic E-state index is 11.5. The summed E-state index contributed by atoms with van der Waals surface area (Å²) in [4.78, 5) is 21.8. The first-order chi connectivity index (χ1) is 8.47. The number of benzene rings is 1. The Morgan fingerprint density at radius 1 is 1.56 bits per heavy atom. The van der Waals surface area contributed by atoms with Crippen LogP contribution in [-0.4, -0.2) is 17.4 Å². The maximum absolute atomic E-state index is 11.5. The topological polar surface area (TPSA) is 107 Å². The average molecular weight is 253 g/mol. The van der Waals surface area contributed by atoms with E-state index in [4.69, 9.17) is 10.6 Å². The van der Waals surface area contributed by atoms with Crippen molar-refractivity contribution in [2.75, 3.05) is 6.61 Å². The molecule has 1 rings (SSSR count). The molecule has 0 radical (unpaired) electrons. The van der Waals surface area contributed by atoms with Crippen LogP contribution in [0.1, 0.15) is 24.2 Å². The van der Waals surface area contributed by atoms with Crippen LogP contribution in [-0.2, 0) is 0 Å². The Kier molecular flexibility index (Phi) is 4.61. The van der Waals surface area contributed by atoms with E-state index < -0.39 is 10.8 Å². The van der Waals surface area contributed by atoms with Gasteiger partial charge in [0, 0.05) is 6.07 Å². The van der Waals surface area contributed by atoms with Gasteiger partial charge in [-0.3, -0.25) is 20.3 Å². The molecule has 0 aliphatic heterocycles. The molecule has 0 saturated heterocycles. The molecule has 0 aliphatic carbocycles. The first kappa shape index (κ1) is 13.9. The number of rotatable bonds is 5. The van der Waals surface area contributed by atoms with Crippen LogP contribution in [0, 0.1) is 16.0 Å². The summed E-state index contributed by atoms with van der Waals surface area (Å²) >= 11 is 0. The monoisotopic (exact) mass is 253 g/mol. The van der Waals surface area contributed by atoms with Crippen molar-refractivity contribution in [1.29, 1.82) is 0 Å². The fraction of sp³-hybridized carbons (Fsp3) is 0.364. The van der Waals surface area contributed by atoms with Gasteiger partial charge in [0.05, 0.1) is 17.1 Å². The number of nitrogens with zero attached hydrogens (tertiary/aromatic N) is 1. The number of nitrogen functional groups attached to an aromatic ring is 1. The number of hydrazine groups is 1. The largest absolute Gasteiger partial charge is 0.486 e. The van der Waals surface area contributed by atoms with E-state index in [0.29, 0.717) is 0 Å². The highest BCUT2D eigenvalue weighted by atomic mass is 16.6. The molecule has 98 valence electrons. The molecule has 0 atom stereocenters. The van der Waals surface area contributed by atoms with E-state index in [0.717, 1.165) is 0 Å². The van der Waals surface area contributed by atoms with Crippen molar-refractivity contribution in [2.45, 2.75) is 13.8 Å². The van der Waals surface area contributed by atoms with E-state index >= 15 is 0 Å². The van der Waals surface area contributed by atoms with Gasteiger partial charge >= 0.3 is 5.69 Å². The standard InChI is InChI=1S/C11H15N3O4/c1-7(2)6-18-10-8(11(15)13-12)4-3-5-9(10)14(16)17/h3-5,7H,6,12H2,1-2H3,(H,13,15). The lowest BCUT2D eigenvalue weighted by Crippen LogP contribution is -2.30. The summed E-state index contributed by atoms with van der Waals surface area (Å²) in [6.07, 6.45) is 0. The van der Waals surface area contributed by atoms with Crippen molar-refractivity contribution in [3.8, 4) is 5.75 Å². The third-order valence-electron chi connectivity index (χ3n) is 2.13. The Balaban J connectivity index is 3.20. The molecule has 18 heavy (non-hydrogen) atoms. The molecule has 7 nitrogen and oxygen atoms in total. The molecule has 0 heterocycles. The van der Waals surface area contributed by atoms with E-state index in [2.05, 4.69) is 0 Å². The predicted octanol–water partition coefficient (Wildman–Crippen LogP) is 1.23. The van der Waals surface area contributed by atoms with Crippen molar-refractivity contribution in [1.82, 2.24) is 5.43 Å². The number of ether oxygens (including phenoxy) is 1. The Labute approximate surface area is 104 Å². The summed E-state index contributed by atoms with van der Waals surface area (Å²) in [6.45, 7) is 4.07. The lowest BCUT2D eigenvalue weighted by Gasteiger charge is -2.12. The van der Waals surface area contributed by atoms with Crippen molar-refractivity contribution < 1.29 is 14.5 Å². The van der Waals surface area contributed by atoms with Gasteiger partial charge in [-0.1, -0.05) is 19.9 Å². The van der Waals surface area contributed by atoms with Gasteiger partial charge in [-0.2, -0.15) is 0 Å². The Bertz CT molecular complexity index is 460. The summed E-state index contributed by atoms with van der Waals surface area (Å²) in [5.74, 6) is 4.53. The minimum Gasteiger partial charge on any atom is -0.486 e. The number of hydrogen-bond acceptors (Lipinski definition) is 5. The molecular formula is C11H15N3O4. The Morgan fingerprint density at radius 2 is 2.22 bits per heavy atom. The van der Waals surface area contributed by atoms with Crippen LogP contribution in [0.4, 0.5) is 5.69 Å². The normalized spacial score (nSPS) is 10.2. The number of carbonyl (C=O) groups excluding carboxylic acids is 1. The zero-order valence-electron chi connectivity index (χ0n) is 10.2. The van der Waals surface area contributed by atoms with Crippen LogP contribution in [0.15, 0.2) is 18.2 Å². The van der Waals surface area contributed by atoms with Gasteiger partial charge in [-0.15, -0.1) is 0 Å². The van der Waals surface area contributed by atoms with Crippen molar-refractivity contribution in [3.63, 3.8) is 0 Å². The fourth-order valence-electron chi connectivity index (χ4n) is 1.33. The Morgan fingerprint density at radius 3 is 2.72 bits per heavy atom. The summed E-state index contributed by atoms with van der Waals surface area (Å²) < 4.78 is 5.36. The molecule has 0 bridgehead atoms. The molecule has 0 saturated carbocycles. The van der Waals surface area contributed by atoms with Crippen LogP contribution in [0.3, 0.4) is 0 Å². The van der Waals surface area contributed by atoms with E-state index in [-0.39, 0.29) is 29.5 Å². The number of nitrogens with two attached hydrogens (primary N) is 1. The molecule has 0 fully saturated rings. The highest BCUT2D eigenvalue weighted by molar-refractivity contribution is 5.97. The minimum atomic E-state index is -0.627. The van der Waals surface area contributed by atoms with Gasteiger partial charge in [0.15, 0.2) is 0 Å². The molecule has 3 N–H and O–H groups in total. The molecule has 1 amide bonds. The van der Waals surface area contributed by atoms with E-state index in [1.54, 1.807) is 0 Å². The van der Waals surface area contributed by atoms with Gasteiger partial charge < -0.3 is 4.74 Å². The molecule has 1 aromatic carbocycles. The van der Waals surface area contributed by atoms with Crippen molar-refractivity contribution in [3.05, 3.63) is 33.9 Å². The highest BCUT2D eigenvalue weighted by Crippen LogP contribution is 2.31. The molecular weight excluding hydrogens is 238 g/mol. The average Bonchev–Trinajstić information content (AvgIpc) is 2.34. The summed E-state index contributed by atoms with van der Waals surface area (Å²) in [6, 6.07) is 4.11. The van der Waals surface area contributed by atoms with Crippen LogP contribution < -0.4 is 16.0 Å². The van der Waals surface area contributed by atoms with Crippen LogP contribution >= 0.6 is 0 Å². The van der Waals surface area contributed by atoms with Gasteiger partial charge in [0.1, 0.15) is 0 Å². The SMILES string of the molecule is CC(C)COc1c(C(=O)NN)cccc1[N+](=O)[O-]. The van der Waals surface area contributed by atoms with Crippen LogP contribution in [0.2, 0.25) is 0 Å². The van der Waals surface area contributed by atoms with E-state index in [9.17, 15) is 14.9 Å². The van der Waals surface area contributed by atoms with Crippen molar-refractivity contribution in [2.24, 2.45) is 11.8 Å². The quantitative estimate of drug-likeness (QED) is 0.355.